The van der Waals surface area contributed by atoms with Crippen molar-refractivity contribution in [3.05, 3.63) is 22.4 Å². The van der Waals surface area contributed by atoms with Crippen molar-refractivity contribution in [2.75, 3.05) is 19.7 Å². The molecule has 0 saturated carbocycles. The van der Waals surface area contributed by atoms with Crippen molar-refractivity contribution in [2.24, 2.45) is 5.92 Å². The van der Waals surface area contributed by atoms with Crippen LogP contribution in [0, 0.1) is 5.92 Å². The Labute approximate surface area is 124 Å². The van der Waals surface area contributed by atoms with Crippen molar-refractivity contribution in [1.29, 1.82) is 0 Å². The first kappa shape index (κ1) is 15.3. The molecule has 2 atom stereocenters. The zero-order valence-corrected chi connectivity index (χ0v) is 12.9. The molecule has 0 unspecified atom stereocenters. The Kier molecular flexibility index (Phi) is 6.33. The van der Waals surface area contributed by atoms with Gasteiger partial charge in [0.1, 0.15) is 0 Å². The van der Waals surface area contributed by atoms with Crippen LogP contribution in [0.2, 0.25) is 0 Å². The van der Waals surface area contributed by atoms with Gasteiger partial charge in [-0.3, -0.25) is 0 Å². The molecule has 112 valence electrons. The highest BCUT2D eigenvalue weighted by Gasteiger charge is 2.15. The number of carbonyl (C=O) groups excluding carboxylic acids is 1. The molecule has 0 radical (unpaired) electrons. The minimum atomic E-state index is -0.0685. The van der Waals surface area contributed by atoms with Gasteiger partial charge >= 0.3 is 6.03 Å². The van der Waals surface area contributed by atoms with E-state index in [0.29, 0.717) is 25.1 Å². The highest BCUT2D eigenvalue weighted by molar-refractivity contribution is 7.09. The summed E-state index contributed by atoms with van der Waals surface area (Å²) in [7, 11) is 0. The monoisotopic (exact) mass is 296 g/mol. The average molecular weight is 296 g/mol. The van der Waals surface area contributed by atoms with E-state index >= 15 is 0 Å². The van der Waals surface area contributed by atoms with Crippen molar-refractivity contribution in [1.82, 2.24) is 10.6 Å². The van der Waals surface area contributed by atoms with Gasteiger partial charge in [-0.1, -0.05) is 13.0 Å². The summed E-state index contributed by atoms with van der Waals surface area (Å²) in [4.78, 5) is 13.0. The summed E-state index contributed by atoms with van der Waals surface area (Å²) in [5.74, 6) is 0.456. The van der Waals surface area contributed by atoms with Gasteiger partial charge in [-0.05, 0) is 43.0 Å². The topological polar surface area (TPSA) is 50.4 Å². The van der Waals surface area contributed by atoms with Gasteiger partial charge in [0.05, 0.1) is 6.10 Å². The van der Waals surface area contributed by atoms with Crippen LogP contribution in [0.1, 0.15) is 31.1 Å². The summed E-state index contributed by atoms with van der Waals surface area (Å²) in [6.45, 7) is 4.43. The second-order valence-corrected chi connectivity index (χ2v) is 6.48. The number of nitrogens with one attached hydrogen (secondary N) is 2. The third-order valence-corrected chi connectivity index (χ3v) is 4.42. The van der Waals surface area contributed by atoms with E-state index in [1.54, 1.807) is 11.3 Å². The number of hydrogen-bond acceptors (Lipinski definition) is 3. The molecule has 2 N–H and O–H groups in total. The Hall–Kier alpha value is -1.07. The Morgan fingerprint density at radius 1 is 1.55 bits per heavy atom. The van der Waals surface area contributed by atoms with Crippen LogP contribution in [0.4, 0.5) is 4.79 Å². The molecule has 1 saturated heterocycles. The first-order valence-electron chi connectivity index (χ1n) is 7.39. The third kappa shape index (κ3) is 5.51. The zero-order chi connectivity index (χ0) is 14.2. The van der Waals surface area contributed by atoms with Crippen LogP contribution in [0.15, 0.2) is 17.5 Å². The molecule has 5 heteroatoms. The fourth-order valence-electron chi connectivity index (χ4n) is 2.39. The van der Waals surface area contributed by atoms with Gasteiger partial charge < -0.3 is 15.4 Å². The zero-order valence-electron chi connectivity index (χ0n) is 12.1. The SMILES string of the molecule is C[C@@H](CNC(=O)NCC[C@H]1CCCO1)Cc1cccs1. The van der Waals surface area contributed by atoms with Crippen LogP contribution in [0.25, 0.3) is 0 Å². The number of rotatable bonds is 7. The molecule has 0 aliphatic carbocycles. The number of amides is 2. The lowest BCUT2D eigenvalue weighted by Crippen LogP contribution is -2.39. The first-order valence-corrected chi connectivity index (χ1v) is 8.27. The van der Waals surface area contributed by atoms with Crippen LogP contribution in [0.3, 0.4) is 0 Å². The summed E-state index contributed by atoms with van der Waals surface area (Å²) < 4.78 is 5.52. The lowest BCUT2D eigenvalue weighted by Gasteiger charge is -2.13. The number of thiophene rings is 1. The van der Waals surface area contributed by atoms with Gasteiger partial charge in [0.25, 0.3) is 0 Å². The Morgan fingerprint density at radius 3 is 3.15 bits per heavy atom. The minimum Gasteiger partial charge on any atom is -0.378 e. The maximum atomic E-state index is 11.7. The average Bonchev–Trinajstić information content (AvgIpc) is 3.09. The van der Waals surface area contributed by atoms with E-state index in [-0.39, 0.29) is 6.03 Å². The molecule has 1 aliphatic heterocycles. The Morgan fingerprint density at radius 2 is 2.45 bits per heavy atom. The number of ether oxygens (including phenoxy) is 1. The van der Waals surface area contributed by atoms with Gasteiger partial charge in [-0.2, -0.15) is 0 Å². The summed E-state index contributed by atoms with van der Waals surface area (Å²) in [5.41, 5.74) is 0. The van der Waals surface area contributed by atoms with E-state index in [9.17, 15) is 4.79 Å². The molecule has 0 spiro atoms. The Balaban J connectivity index is 1.52. The molecule has 1 fully saturated rings. The van der Waals surface area contributed by atoms with Crippen molar-refractivity contribution in [2.45, 2.75) is 38.7 Å². The van der Waals surface area contributed by atoms with Crippen LogP contribution in [0.5, 0.6) is 0 Å². The normalized spacial score (nSPS) is 19.8. The highest BCUT2D eigenvalue weighted by Crippen LogP contribution is 2.14. The molecule has 4 nitrogen and oxygen atoms in total. The molecule has 20 heavy (non-hydrogen) atoms. The fourth-order valence-corrected chi connectivity index (χ4v) is 3.26. The molecule has 1 aliphatic rings. The molecule has 2 heterocycles. The van der Waals surface area contributed by atoms with Crippen LogP contribution in [-0.2, 0) is 11.2 Å². The second-order valence-electron chi connectivity index (χ2n) is 5.45. The lowest BCUT2D eigenvalue weighted by atomic mass is 10.1. The molecule has 0 bridgehead atoms. The molecular formula is C15H24N2O2S. The molecule has 2 rings (SSSR count). The smallest absolute Gasteiger partial charge is 0.314 e. The van der Waals surface area contributed by atoms with Gasteiger partial charge in [0.2, 0.25) is 0 Å². The summed E-state index contributed by atoms with van der Waals surface area (Å²) in [6.07, 6.45) is 4.55. The maximum absolute atomic E-state index is 11.7. The van der Waals surface area contributed by atoms with Gasteiger partial charge in [0, 0.05) is 24.6 Å². The number of carbonyl (C=O) groups is 1. The predicted octanol–water partition coefficient (Wildman–Crippen LogP) is 2.80. The van der Waals surface area contributed by atoms with E-state index in [1.807, 2.05) is 0 Å². The van der Waals surface area contributed by atoms with E-state index in [0.717, 1.165) is 32.3 Å². The quantitative estimate of drug-likeness (QED) is 0.813. The van der Waals surface area contributed by atoms with E-state index < -0.39 is 0 Å². The standard InChI is InChI=1S/C15H24N2O2S/c1-12(10-14-5-3-9-20-14)11-17-15(18)16-7-6-13-4-2-8-19-13/h3,5,9,12-13H,2,4,6-8,10-11H2,1H3,(H2,16,17,18)/t12-,13-/m1/s1. The number of urea groups is 1. The lowest BCUT2D eigenvalue weighted by molar-refractivity contribution is 0.104. The summed E-state index contributed by atoms with van der Waals surface area (Å²) in [5, 5.41) is 7.92. The Bertz CT molecular complexity index is 389. The van der Waals surface area contributed by atoms with Crippen molar-refractivity contribution < 1.29 is 9.53 Å². The van der Waals surface area contributed by atoms with Gasteiger partial charge in [0.15, 0.2) is 0 Å². The molecule has 1 aromatic rings. The summed E-state index contributed by atoms with van der Waals surface area (Å²) in [6, 6.07) is 4.14. The van der Waals surface area contributed by atoms with E-state index in [1.165, 1.54) is 4.88 Å². The van der Waals surface area contributed by atoms with Gasteiger partial charge in [-0.25, -0.2) is 4.79 Å². The molecule has 2 amide bonds. The predicted molar refractivity (Wildman–Crippen MR) is 82.2 cm³/mol. The number of hydrogen-bond donors (Lipinski definition) is 2. The van der Waals surface area contributed by atoms with E-state index in [2.05, 4.69) is 35.1 Å². The molecule has 0 aromatic carbocycles. The van der Waals surface area contributed by atoms with Crippen molar-refractivity contribution in [3.63, 3.8) is 0 Å². The minimum absolute atomic E-state index is 0.0685. The highest BCUT2D eigenvalue weighted by atomic mass is 32.1. The van der Waals surface area contributed by atoms with Crippen LogP contribution in [-0.4, -0.2) is 31.8 Å². The first-order chi connectivity index (χ1) is 9.74. The summed E-state index contributed by atoms with van der Waals surface area (Å²) >= 11 is 1.77. The van der Waals surface area contributed by atoms with Gasteiger partial charge in [-0.15, -0.1) is 11.3 Å². The fraction of sp³-hybridized carbons (Fsp3) is 0.667. The molecular weight excluding hydrogens is 272 g/mol. The molecule has 1 aromatic heterocycles. The maximum Gasteiger partial charge on any atom is 0.314 e. The van der Waals surface area contributed by atoms with Crippen molar-refractivity contribution >= 4 is 17.4 Å². The van der Waals surface area contributed by atoms with E-state index in [4.69, 9.17) is 4.74 Å². The second kappa shape index (κ2) is 8.27. The largest absolute Gasteiger partial charge is 0.378 e. The van der Waals surface area contributed by atoms with Crippen molar-refractivity contribution in [3.8, 4) is 0 Å². The van der Waals surface area contributed by atoms with Crippen LogP contribution < -0.4 is 10.6 Å². The third-order valence-electron chi connectivity index (χ3n) is 3.52. The van der Waals surface area contributed by atoms with Crippen LogP contribution >= 0.6 is 11.3 Å².